The van der Waals surface area contributed by atoms with Crippen molar-refractivity contribution >= 4 is 22.0 Å². The summed E-state index contributed by atoms with van der Waals surface area (Å²) in [5.74, 6) is 0.531. The van der Waals surface area contributed by atoms with Gasteiger partial charge in [0.05, 0.1) is 11.7 Å². The summed E-state index contributed by atoms with van der Waals surface area (Å²) in [6, 6.07) is 26.3. The van der Waals surface area contributed by atoms with Crippen molar-refractivity contribution in [2.45, 2.75) is 33.1 Å². The van der Waals surface area contributed by atoms with Gasteiger partial charge in [0.1, 0.15) is 0 Å². The van der Waals surface area contributed by atoms with Gasteiger partial charge in [-0.25, -0.2) is 0 Å². The third kappa shape index (κ3) is 3.50. The maximum Gasteiger partial charge on any atom is 0.0650 e. The number of hydrogen-bond donors (Lipinski definition) is 1. The van der Waals surface area contributed by atoms with Crippen molar-refractivity contribution in [2.24, 2.45) is 0 Å². The second-order valence-electron chi connectivity index (χ2n) is 7.52. The first-order valence-corrected chi connectivity index (χ1v) is 9.99. The lowest BCUT2D eigenvalue weighted by Crippen LogP contribution is -1.96. The van der Waals surface area contributed by atoms with Crippen LogP contribution in [0.25, 0.3) is 22.0 Å². The molecule has 1 aromatic heterocycles. The van der Waals surface area contributed by atoms with Crippen molar-refractivity contribution in [3.8, 4) is 0 Å². The number of benzene rings is 3. The molecule has 0 amide bonds. The van der Waals surface area contributed by atoms with Gasteiger partial charge in [-0.15, -0.1) is 0 Å². The highest BCUT2D eigenvalue weighted by molar-refractivity contribution is 6.00. The van der Waals surface area contributed by atoms with E-state index in [0.717, 1.165) is 17.3 Å². The topological polar surface area (TPSA) is 28.7 Å². The summed E-state index contributed by atoms with van der Waals surface area (Å²) in [6.45, 7) is 6.71. The van der Waals surface area contributed by atoms with Crippen LogP contribution in [0.2, 0.25) is 0 Å². The van der Waals surface area contributed by atoms with Crippen molar-refractivity contribution in [1.29, 1.82) is 0 Å². The summed E-state index contributed by atoms with van der Waals surface area (Å²) < 4.78 is 0. The monoisotopic (exact) mass is 366 g/mol. The fourth-order valence-corrected chi connectivity index (χ4v) is 3.81. The van der Waals surface area contributed by atoms with Gasteiger partial charge in [-0.05, 0) is 57.9 Å². The van der Waals surface area contributed by atoms with E-state index in [4.69, 9.17) is 0 Å². The molecule has 28 heavy (non-hydrogen) atoms. The third-order valence-corrected chi connectivity index (χ3v) is 5.37. The van der Waals surface area contributed by atoms with E-state index in [2.05, 4.69) is 104 Å². The SMILES string of the molecule is CC/C(=C(/c1ccc(C(C)C)cc1)c1ccc2[nH]ncc2c1)c1ccccc1. The van der Waals surface area contributed by atoms with Crippen LogP contribution in [0.1, 0.15) is 55.4 Å². The van der Waals surface area contributed by atoms with Crippen LogP contribution in [-0.4, -0.2) is 10.2 Å². The van der Waals surface area contributed by atoms with E-state index in [0.29, 0.717) is 5.92 Å². The normalized spacial score (nSPS) is 12.4. The maximum absolute atomic E-state index is 4.19. The highest BCUT2D eigenvalue weighted by Crippen LogP contribution is 2.35. The van der Waals surface area contributed by atoms with E-state index in [1.807, 2.05) is 6.20 Å². The Balaban J connectivity index is 1.95. The number of hydrogen-bond acceptors (Lipinski definition) is 1. The minimum atomic E-state index is 0.531. The highest BCUT2D eigenvalue weighted by Gasteiger charge is 2.14. The molecule has 140 valence electrons. The molecule has 4 aromatic rings. The molecule has 0 radical (unpaired) electrons. The minimum absolute atomic E-state index is 0.531. The molecule has 0 saturated heterocycles. The van der Waals surface area contributed by atoms with Gasteiger partial charge in [-0.3, -0.25) is 5.10 Å². The molecule has 2 nitrogen and oxygen atoms in total. The maximum atomic E-state index is 4.19. The van der Waals surface area contributed by atoms with Gasteiger partial charge >= 0.3 is 0 Å². The Kier molecular flexibility index (Phi) is 5.12. The first-order chi connectivity index (χ1) is 13.7. The van der Waals surface area contributed by atoms with Crippen LogP contribution in [0.15, 0.2) is 79.0 Å². The zero-order valence-corrected chi connectivity index (χ0v) is 16.7. The summed E-state index contributed by atoms with van der Waals surface area (Å²) in [4.78, 5) is 0. The number of aromatic nitrogens is 2. The Morgan fingerprint density at radius 2 is 1.57 bits per heavy atom. The van der Waals surface area contributed by atoms with Crippen LogP contribution in [0.5, 0.6) is 0 Å². The van der Waals surface area contributed by atoms with Gasteiger partial charge in [0.25, 0.3) is 0 Å². The highest BCUT2D eigenvalue weighted by atomic mass is 15.1. The molecular weight excluding hydrogens is 340 g/mol. The van der Waals surface area contributed by atoms with Crippen LogP contribution >= 0.6 is 0 Å². The number of rotatable bonds is 5. The smallest absolute Gasteiger partial charge is 0.0650 e. The van der Waals surface area contributed by atoms with Gasteiger partial charge in [0.2, 0.25) is 0 Å². The fraction of sp³-hybridized carbons (Fsp3) is 0.192. The molecular formula is C26H26N2. The summed E-state index contributed by atoms with van der Waals surface area (Å²) >= 11 is 0. The van der Waals surface area contributed by atoms with Crippen molar-refractivity contribution in [3.63, 3.8) is 0 Å². The molecule has 0 atom stereocenters. The lowest BCUT2D eigenvalue weighted by molar-refractivity contribution is 0.866. The largest absolute Gasteiger partial charge is 0.278 e. The zero-order chi connectivity index (χ0) is 19.5. The number of nitrogens with one attached hydrogen (secondary N) is 1. The first-order valence-electron chi connectivity index (χ1n) is 9.99. The van der Waals surface area contributed by atoms with E-state index in [1.54, 1.807) is 0 Å². The molecule has 0 aliphatic carbocycles. The average molecular weight is 367 g/mol. The predicted molar refractivity (Wildman–Crippen MR) is 119 cm³/mol. The lowest BCUT2D eigenvalue weighted by Gasteiger charge is -2.17. The predicted octanol–water partition coefficient (Wildman–Crippen LogP) is 7.06. The van der Waals surface area contributed by atoms with Gasteiger partial charge in [-0.1, -0.05) is 81.4 Å². The van der Waals surface area contributed by atoms with Crippen molar-refractivity contribution < 1.29 is 0 Å². The number of fused-ring (bicyclic) bond motifs is 1. The number of nitrogens with zero attached hydrogens (tertiary/aromatic N) is 1. The van der Waals surface area contributed by atoms with E-state index < -0.39 is 0 Å². The molecule has 0 unspecified atom stereocenters. The minimum Gasteiger partial charge on any atom is -0.278 e. The molecule has 0 spiro atoms. The molecule has 0 saturated carbocycles. The summed E-state index contributed by atoms with van der Waals surface area (Å²) in [5, 5.41) is 8.38. The third-order valence-electron chi connectivity index (χ3n) is 5.37. The van der Waals surface area contributed by atoms with Gasteiger partial charge in [0, 0.05) is 5.39 Å². The van der Waals surface area contributed by atoms with Gasteiger partial charge in [0.15, 0.2) is 0 Å². The first kappa shape index (κ1) is 18.2. The molecule has 2 heteroatoms. The Morgan fingerprint density at radius 1 is 0.857 bits per heavy atom. The van der Waals surface area contributed by atoms with Crippen molar-refractivity contribution in [2.75, 3.05) is 0 Å². The van der Waals surface area contributed by atoms with Crippen LogP contribution in [-0.2, 0) is 0 Å². The quantitative estimate of drug-likeness (QED) is 0.376. The van der Waals surface area contributed by atoms with Crippen LogP contribution in [0, 0.1) is 0 Å². The van der Waals surface area contributed by atoms with Crippen LogP contribution in [0.3, 0.4) is 0 Å². The number of allylic oxidation sites excluding steroid dienone is 1. The van der Waals surface area contributed by atoms with Gasteiger partial charge < -0.3 is 0 Å². The molecule has 1 N–H and O–H groups in total. The summed E-state index contributed by atoms with van der Waals surface area (Å²) in [6.07, 6.45) is 2.86. The standard InChI is InChI=1S/C26H26N2/c1-4-24(20-8-6-5-7-9-20)26(21-12-10-19(11-13-21)18(2)3)22-14-15-25-23(16-22)17-27-28-25/h5-18H,4H2,1-3H3,(H,27,28)/b26-24+. The second kappa shape index (κ2) is 7.85. The van der Waals surface area contributed by atoms with E-state index in [9.17, 15) is 0 Å². The average Bonchev–Trinajstić information content (AvgIpc) is 3.20. The molecule has 0 fully saturated rings. The Hall–Kier alpha value is -3.13. The number of aromatic amines is 1. The zero-order valence-electron chi connectivity index (χ0n) is 16.7. The molecule has 0 aliphatic rings. The lowest BCUT2D eigenvalue weighted by atomic mass is 9.87. The molecule has 0 bridgehead atoms. The second-order valence-corrected chi connectivity index (χ2v) is 7.52. The fourth-order valence-electron chi connectivity index (χ4n) is 3.81. The summed E-state index contributed by atoms with van der Waals surface area (Å²) in [5.41, 5.74) is 8.86. The molecule has 4 rings (SSSR count). The van der Waals surface area contributed by atoms with Crippen LogP contribution < -0.4 is 0 Å². The van der Waals surface area contributed by atoms with E-state index in [-0.39, 0.29) is 0 Å². The Morgan fingerprint density at radius 3 is 2.25 bits per heavy atom. The van der Waals surface area contributed by atoms with Crippen molar-refractivity contribution in [3.05, 3.63) is 101 Å². The van der Waals surface area contributed by atoms with Crippen molar-refractivity contribution in [1.82, 2.24) is 10.2 Å². The van der Waals surface area contributed by atoms with Gasteiger partial charge in [-0.2, -0.15) is 5.10 Å². The molecule has 1 heterocycles. The molecule has 3 aromatic carbocycles. The number of H-pyrrole nitrogens is 1. The summed E-state index contributed by atoms with van der Waals surface area (Å²) in [7, 11) is 0. The van der Waals surface area contributed by atoms with Crippen LogP contribution in [0.4, 0.5) is 0 Å². The Bertz CT molecular complexity index is 1100. The molecule has 0 aliphatic heterocycles. The van der Waals surface area contributed by atoms with E-state index in [1.165, 1.54) is 33.4 Å². The van der Waals surface area contributed by atoms with E-state index >= 15 is 0 Å². The Labute approximate surface area is 166 Å².